The third-order valence-electron chi connectivity index (χ3n) is 2.63. The molecule has 0 saturated carbocycles. The highest BCUT2D eigenvalue weighted by Crippen LogP contribution is 2.03. The first-order chi connectivity index (χ1) is 8.92. The Morgan fingerprint density at radius 2 is 2.00 bits per heavy atom. The average molecular weight is 267 g/mol. The molecule has 0 aliphatic carbocycles. The second-order valence-corrected chi connectivity index (χ2v) is 5.55. The van der Waals surface area contributed by atoms with E-state index < -0.39 is 0 Å². The van der Waals surface area contributed by atoms with E-state index in [0.717, 1.165) is 18.8 Å². The van der Waals surface area contributed by atoms with Crippen LogP contribution in [0.5, 0.6) is 0 Å². The summed E-state index contributed by atoms with van der Waals surface area (Å²) in [6.07, 6.45) is 1.83. The number of hydrogen-bond acceptors (Lipinski definition) is 4. The van der Waals surface area contributed by atoms with Gasteiger partial charge in [0, 0.05) is 44.5 Å². The zero-order chi connectivity index (χ0) is 14.3. The lowest BCUT2D eigenvalue weighted by Crippen LogP contribution is -2.38. The first-order valence-corrected chi connectivity index (χ1v) is 6.61. The number of ether oxygens (including phenoxy) is 1. The van der Waals surface area contributed by atoms with Crippen molar-refractivity contribution in [3.05, 3.63) is 28.7 Å². The van der Waals surface area contributed by atoms with Crippen molar-refractivity contribution in [2.75, 3.05) is 32.1 Å². The maximum Gasteiger partial charge on any atom is 0.250 e. The van der Waals surface area contributed by atoms with Crippen molar-refractivity contribution in [1.82, 2.24) is 9.88 Å². The van der Waals surface area contributed by atoms with Gasteiger partial charge in [0.1, 0.15) is 0 Å². The van der Waals surface area contributed by atoms with E-state index in [0.29, 0.717) is 13.2 Å². The highest BCUT2D eigenvalue weighted by molar-refractivity contribution is 5.40. The summed E-state index contributed by atoms with van der Waals surface area (Å²) in [5.74, 6) is 0. The van der Waals surface area contributed by atoms with Crippen LogP contribution in [-0.2, 0) is 11.3 Å². The Kier molecular flexibility index (Phi) is 6.05. The number of pyridine rings is 1. The minimum atomic E-state index is -0.00424. The molecule has 1 aromatic rings. The van der Waals surface area contributed by atoms with Crippen LogP contribution in [0.3, 0.4) is 0 Å². The second kappa shape index (κ2) is 7.31. The van der Waals surface area contributed by atoms with Gasteiger partial charge in [0.15, 0.2) is 0 Å². The molecule has 19 heavy (non-hydrogen) atoms. The quantitative estimate of drug-likeness (QED) is 0.731. The van der Waals surface area contributed by atoms with E-state index in [1.807, 2.05) is 12.3 Å². The molecule has 0 aliphatic rings. The molecule has 1 heterocycles. The van der Waals surface area contributed by atoms with Crippen LogP contribution in [0.2, 0.25) is 0 Å². The van der Waals surface area contributed by atoms with Gasteiger partial charge in [0.25, 0.3) is 5.56 Å². The predicted molar refractivity (Wildman–Crippen MR) is 78.8 cm³/mol. The number of aromatic nitrogens is 1. The van der Waals surface area contributed by atoms with E-state index in [2.05, 4.69) is 31.4 Å². The first-order valence-electron chi connectivity index (χ1n) is 6.61. The number of nitrogens with one attached hydrogen (secondary N) is 2. The predicted octanol–water partition coefficient (Wildman–Crippen LogP) is 1.29. The van der Waals surface area contributed by atoms with E-state index in [-0.39, 0.29) is 11.1 Å². The molecule has 0 bridgehead atoms. The molecule has 2 N–H and O–H groups in total. The Morgan fingerprint density at radius 3 is 2.63 bits per heavy atom. The topological polar surface area (TPSA) is 55.3 Å². The monoisotopic (exact) mass is 267 g/mol. The summed E-state index contributed by atoms with van der Waals surface area (Å²) in [6, 6.07) is 3.39. The Labute approximate surface area is 115 Å². The molecule has 5 nitrogen and oxygen atoms in total. The molecular weight excluding hydrogens is 242 g/mol. The minimum absolute atomic E-state index is 0.00424. The lowest BCUT2D eigenvalue weighted by molar-refractivity contribution is 0.186. The van der Waals surface area contributed by atoms with Crippen molar-refractivity contribution in [2.45, 2.75) is 32.9 Å². The number of hydrogen-bond donors (Lipinski definition) is 2. The number of methoxy groups -OCH3 is 1. The Morgan fingerprint density at radius 1 is 1.26 bits per heavy atom. The maximum absolute atomic E-state index is 11.6. The van der Waals surface area contributed by atoms with Crippen LogP contribution in [0.15, 0.2) is 23.1 Å². The molecule has 0 fully saturated rings. The minimum Gasteiger partial charge on any atom is -0.383 e. The molecule has 0 spiro atoms. The number of rotatable bonds is 7. The average Bonchev–Trinajstić information content (AvgIpc) is 2.33. The van der Waals surface area contributed by atoms with E-state index in [4.69, 9.17) is 4.74 Å². The van der Waals surface area contributed by atoms with Gasteiger partial charge in [-0.3, -0.25) is 4.79 Å². The summed E-state index contributed by atoms with van der Waals surface area (Å²) < 4.78 is 6.64. The lowest BCUT2D eigenvalue weighted by atomic mass is 10.1. The van der Waals surface area contributed by atoms with E-state index in [1.54, 1.807) is 17.7 Å². The van der Waals surface area contributed by atoms with Crippen LogP contribution < -0.4 is 16.2 Å². The Balaban J connectivity index is 2.48. The van der Waals surface area contributed by atoms with Crippen LogP contribution in [0.1, 0.15) is 20.8 Å². The van der Waals surface area contributed by atoms with Crippen molar-refractivity contribution in [2.24, 2.45) is 0 Å². The van der Waals surface area contributed by atoms with Gasteiger partial charge in [-0.05, 0) is 26.8 Å². The molecule has 0 radical (unpaired) electrons. The van der Waals surface area contributed by atoms with Crippen molar-refractivity contribution < 1.29 is 4.74 Å². The van der Waals surface area contributed by atoms with E-state index in [1.165, 1.54) is 0 Å². The smallest absolute Gasteiger partial charge is 0.250 e. The second-order valence-electron chi connectivity index (χ2n) is 5.55. The molecule has 0 atom stereocenters. The SMILES string of the molecule is COCCn1cc(NCCNC(C)(C)C)ccc1=O. The Hall–Kier alpha value is -1.33. The normalized spacial score (nSPS) is 11.6. The van der Waals surface area contributed by atoms with Crippen molar-refractivity contribution in [1.29, 1.82) is 0 Å². The van der Waals surface area contributed by atoms with Crippen molar-refractivity contribution >= 4 is 5.69 Å². The largest absolute Gasteiger partial charge is 0.383 e. The molecule has 0 aliphatic heterocycles. The molecule has 0 saturated heterocycles. The maximum atomic E-state index is 11.6. The van der Waals surface area contributed by atoms with Gasteiger partial charge in [-0.15, -0.1) is 0 Å². The van der Waals surface area contributed by atoms with Crippen molar-refractivity contribution in [3.63, 3.8) is 0 Å². The van der Waals surface area contributed by atoms with Crippen molar-refractivity contribution in [3.8, 4) is 0 Å². The van der Waals surface area contributed by atoms with Crippen LogP contribution >= 0.6 is 0 Å². The highest BCUT2D eigenvalue weighted by atomic mass is 16.5. The number of anilines is 1. The molecule has 1 rings (SSSR count). The fraction of sp³-hybridized carbons (Fsp3) is 0.643. The molecular formula is C14H25N3O2. The summed E-state index contributed by atoms with van der Waals surface area (Å²) in [6.45, 7) is 9.22. The summed E-state index contributed by atoms with van der Waals surface area (Å²) in [4.78, 5) is 11.6. The van der Waals surface area contributed by atoms with Gasteiger partial charge in [-0.1, -0.05) is 0 Å². The summed E-state index contributed by atoms with van der Waals surface area (Å²) in [5, 5.41) is 6.70. The van der Waals surface area contributed by atoms with E-state index in [9.17, 15) is 4.79 Å². The Bertz CT molecular complexity index is 435. The third kappa shape index (κ3) is 6.40. The standard InChI is InChI=1S/C14H25N3O2/c1-14(2,3)16-8-7-15-12-5-6-13(18)17(11-12)9-10-19-4/h5-6,11,15-16H,7-10H2,1-4H3. The lowest BCUT2D eigenvalue weighted by Gasteiger charge is -2.20. The fourth-order valence-electron chi connectivity index (χ4n) is 1.64. The van der Waals surface area contributed by atoms with Gasteiger partial charge in [0.05, 0.1) is 12.3 Å². The zero-order valence-electron chi connectivity index (χ0n) is 12.3. The molecule has 0 unspecified atom stereocenters. The molecule has 0 amide bonds. The summed E-state index contributed by atoms with van der Waals surface area (Å²) in [5.41, 5.74) is 1.07. The molecule has 0 aromatic carbocycles. The zero-order valence-corrected chi connectivity index (χ0v) is 12.3. The van der Waals surface area contributed by atoms with Crippen LogP contribution in [-0.4, -0.2) is 36.9 Å². The molecule has 1 aromatic heterocycles. The van der Waals surface area contributed by atoms with Crippen LogP contribution in [0.4, 0.5) is 5.69 Å². The summed E-state index contributed by atoms with van der Waals surface area (Å²) >= 11 is 0. The van der Waals surface area contributed by atoms with Gasteiger partial charge in [0.2, 0.25) is 0 Å². The summed E-state index contributed by atoms with van der Waals surface area (Å²) in [7, 11) is 1.63. The van der Waals surface area contributed by atoms with Gasteiger partial charge < -0.3 is 19.9 Å². The third-order valence-corrected chi connectivity index (χ3v) is 2.63. The first kappa shape index (κ1) is 15.7. The van der Waals surface area contributed by atoms with Gasteiger partial charge in [-0.25, -0.2) is 0 Å². The number of nitrogens with zero attached hydrogens (tertiary/aromatic N) is 1. The molecule has 108 valence electrons. The van der Waals surface area contributed by atoms with Gasteiger partial charge in [-0.2, -0.15) is 0 Å². The van der Waals surface area contributed by atoms with Gasteiger partial charge >= 0.3 is 0 Å². The van der Waals surface area contributed by atoms with Crippen LogP contribution in [0.25, 0.3) is 0 Å². The highest BCUT2D eigenvalue weighted by Gasteiger charge is 2.07. The fourth-order valence-corrected chi connectivity index (χ4v) is 1.64. The van der Waals surface area contributed by atoms with E-state index >= 15 is 0 Å². The van der Waals surface area contributed by atoms with Crippen LogP contribution in [0, 0.1) is 0 Å². The molecule has 5 heteroatoms.